The third kappa shape index (κ3) is 4.85. The van der Waals surface area contributed by atoms with Gasteiger partial charge in [0, 0.05) is 43.9 Å². The molecule has 5 aliphatic rings. The summed E-state index contributed by atoms with van der Waals surface area (Å²) in [5.41, 5.74) is -2.77. The van der Waals surface area contributed by atoms with Crippen molar-refractivity contribution < 1.29 is 31.8 Å². The first kappa shape index (κ1) is 29.8. The number of aromatic nitrogens is 3. The SMILES string of the molecule is CC(C)(C)OC(=O)N1C2CCC1(C=C(F)F)CN(c1nc(OC[C@]34CCC5(CC5)N3CC(F)C4)nc3c(F)c(Cl)ncc13)C2. The number of nitrogens with zero attached hydrogens (tertiary/aromatic N) is 6. The van der Waals surface area contributed by atoms with Gasteiger partial charge in [-0.1, -0.05) is 11.6 Å². The molecule has 1 saturated carbocycles. The molecule has 0 aromatic carbocycles. The first-order valence-corrected chi connectivity index (χ1v) is 15.5. The minimum absolute atomic E-state index is 0.0471. The van der Waals surface area contributed by atoms with E-state index < -0.39 is 46.9 Å². The monoisotopic (exact) mass is 638 g/mol. The molecule has 2 aromatic heterocycles. The Morgan fingerprint density at radius 3 is 2.61 bits per heavy atom. The van der Waals surface area contributed by atoms with Crippen molar-refractivity contribution in [1.82, 2.24) is 24.8 Å². The average molecular weight is 639 g/mol. The molecule has 4 saturated heterocycles. The van der Waals surface area contributed by atoms with Crippen molar-refractivity contribution in [2.75, 3.05) is 31.1 Å². The van der Waals surface area contributed by atoms with Gasteiger partial charge in [0.25, 0.3) is 6.08 Å². The Kier molecular flexibility index (Phi) is 6.79. The number of alkyl halides is 1. The second-order valence-electron chi connectivity index (χ2n) is 14.1. The van der Waals surface area contributed by atoms with Crippen LogP contribution in [0.1, 0.15) is 65.7 Å². The number of carbonyl (C=O) groups is 1. The average Bonchev–Trinajstić information content (AvgIpc) is 3.50. The topological polar surface area (TPSA) is 83.9 Å². The predicted molar refractivity (Wildman–Crippen MR) is 154 cm³/mol. The van der Waals surface area contributed by atoms with E-state index in [1.54, 1.807) is 25.7 Å². The number of hydrogen-bond donors (Lipinski definition) is 0. The van der Waals surface area contributed by atoms with E-state index in [0.717, 1.165) is 31.8 Å². The van der Waals surface area contributed by atoms with Gasteiger partial charge in [0.1, 0.15) is 29.7 Å². The third-order valence-electron chi connectivity index (χ3n) is 10.00. The number of pyridine rings is 1. The maximum absolute atomic E-state index is 15.4. The number of hydrogen-bond acceptors (Lipinski definition) is 8. The normalized spacial score (nSPS) is 30.6. The van der Waals surface area contributed by atoms with Crippen LogP contribution in [-0.2, 0) is 4.74 Å². The first-order valence-electron chi connectivity index (χ1n) is 15.1. The molecule has 1 amide bonds. The summed E-state index contributed by atoms with van der Waals surface area (Å²) < 4.78 is 69.7. The van der Waals surface area contributed by atoms with Gasteiger partial charge in [-0.2, -0.15) is 18.7 Å². The molecule has 44 heavy (non-hydrogen) atoms. The lowest BCUT2D eigenvalue weighted by atomic mass is 9.94. The Morgan fingerprint density at radius 1 is 1.16 bits per heavy atom. The van der Waals surface area contributed by atoms with Gasteiger partial charge in [0.15, 0.2) is 11.0 Å². The van der Waals surface area contributed by atoms with Crippen molar-refractivity contribution in [3.05, 3.63) is 29.3 Å². The van der Waals surface area contributed by atoms with Crippen LogP contribution in [0.3, 0.4) is 0 Å². The molecule has 5 fully saturated rings. The zero-order valence-electron chi connectivity index (χ0n) is 24.9. The van der Waals surface area contributed by atoms with E-state index in [2.05, 4.69) is 19.9 Å². The van der Waals surface area contributed by atoms with E-state index in [1.165, 1.54) is 11.1 Å². The molecule has 3 unspecified atom stereocenters. The van der Waals surface area contributed by atoms with Crippen LogP contribution in [0.25, 0.3) is 10.9 Å². The molecule has 7 rings (SSSR count). The molecule has 2 aromatic rings. The second-order valence-corrected chi connectivity index (χ2v) is 14.4. The highest BCUT2D eigenvalue weighted by Gasteiger charge is 2.64. The predicted octanol–water partition coefficient (Wildman–Crippen LogP) is 6.04. The van der Waals surface area contributed by atoms with Crippen molar-refractivity contribution in [1.29, 1.82) is 0 Å². The van der Waals surface area contributed by atoms with E-state index in [9.17, 15) is 18.0 Å². The van der Waals surface area contributed by atoms with Crippen LogP contribution in [0, 0.1) is 5.82 Å². The molecule has 4 atom stereocenters. The quantitative estimate of drug-likeness (QED) is 0.290. The highest BCUT2D eigenvalue weighted by atomic mass is 35.5. The Bertz CT molecular complexity index is 1550. The smallest absolute Gasteiger partial charge is 0.411 e. The van der Waals surface area contributed by atoms with Crippen molar-refractivity contribution in [2.45, 2.75) is 100 Å². The molecule has 1 spiro atoms. The third-order valence-corrected chi connectivity index (χ3v) is 10.3. The largest absolute Gasteiger partial charge is 0.461 e. The molecule has 9 nitrogen and oxygen atoms in total. The minimum Gasteiger partial charge on any atom is -0.461 e. The molecule has 0 radical (unpaired) electrons. The number of ether oxygens (including phenoxy) is 2. The first-order chi connectivity index (χ1) is 20.7. The molecule has 4 aliphatic heterocycles. The summed E-state index contributed by atoms with van der Waals surface area (Å²) >= 11 is 6.03. The van der Waals surface area contributed by atoms with Gasteiger partial charge in [-0.05, 0) is 59.3 Å². The molecule has 238 valence electrons. The van der Waals surface area contributed by atoms with E-state index in [1.807, 2.05) is 0 Å². The molecule has 1 aliphatic carbocycles. The summed E-state index contributed by atoms with van der Waals surface area (Å²) in [6, 6.07) is -0.598. The zero-order chi connectivity index (χ0) is 31.2. The number of anilines is 1. The van der Waals surface area contributed by atoms with E-state index in [4.69, 9.17) is 21.1 Å². The number of carbonyl (C=O) groups excluding carboxylic acids is 1. The summed E-state index contributed by atoms with van der Waals surface area (Å²) in [5, 5.41) is -0.152. The lowest BCUT2D eigenvalue weighted by molar-refractivity contribution is 0.00167. The number of halogens is 5. The standard InChI is InChI=1S/C30H35ClF4N6O3/c1-27(2,3)44-26(42)41-18-4-5-29(41,11-20(33)34)15-39(14-18)24-19-12-36-23(31)21(35)22(19)37-25(38-24)43-16-30-9-8-28(6-7-28)40(30)13-17(32)10-30/h11-12,17-18H,4-10,13-16H2,1-3H3/t17?,18?,29?,30-/m1/s1. The fraction of sp³-hybridized carbons (Fsp3) is 0.667. The van der Waals surface area contributed by atoms with Gasteiger partial charge in [-0.3, -0.25) is 9.80 Å². The second kappa shape index (κ2) is 10.0. The number of rotatable bonds is 5. The van der Waals surface area contributed by atoms with Gasteiger partial charge in [-0.25, -0.2) is 18.6 Å². The maximum Gasteiger partial charge on any atom is 0.411 e. The summed E-state index contributed by atoms with van der Waals surface area (Å²) in [6.07, 6.45) is 3.52. The Balaban J connectivity index is 1.24. The van der Waals surface area contributed by atoms with Gasteiger partial charge >= 0.3 is 12.1 Å². The minimum atomic E-state index is -1.92. The van der Waals surface area contributed by atoms with Gasteiger partial charge in [0.05, 0.1) is 22.5 Å². The lowest BCUT2D eigenvalue weighted by Crippen LogP contribution is -2.63. The van der Waals surface area contributed by atoms with Crippen LogP contribution in [0.4, 0.5) is 28.2 Å². The zero-order valence-corrected chi connectivity index (χ0v) is 25.6. The van der Waals surface area contributed by atoms with Crippen molar-refractivity contribution in [2.24, 2.45) is 0 Å². The van der Waals surface area contributed by atoms with E-state index >= 15 is 4.39 Å². The fourth-order valence-corrected chi connectivity index (χ4v) is 8.23. The summed E-state index contributed by atoms with van der Waals surface area (Å²) in [4.78, 5) is 31.7. The van der Waals surface area contributed by atoms with Crippen LogP contribution in [0.15, 0.2) is 18.4 Å². The Labute approximate surface area is 257 Å². The molecule has 0 N–H and O–H groups in total. The highest BCUT2D eigenvalue weighted by Crippen LogP contribution is 2.59. The summed E-state index contributed by atoms with van der Waals surface area (Å²) in [5.74, 6) is -0.630. The van der Waals surface area contributed by atoms with Crippen LogP contribution in [0.2, 0.25) is 5.15 Å². The maximum atomic E-state index is 15.4. The van der Waals surface area contributed by atoms with Gasteiger partial charge in [0.2, 0.25) is 0 Å². The number of amides is 1. The molecule has 14 heteroatoms. The van der Waals surface area contributed by atoms with Crippen molar-refractivity contribution in [3.8, 4) is 6.01 Å². The van der Waals surface area contributed by atoms with Gasteiger partial charge < -0.3 is 14.4 Å². The molecular formula is C30H35ClF4N6O3. The summed E-state index contributed by atoms with van der Waals surface area (Å²) in [6.45, 7) is 5.83. The Morgan fingerprint density at radius 2 is 1.91 bits per heavy atom. The lowest BCUT2D eigenvalue weighted by Gasteiger charge is -2.47. The Hall–Kier alpha value is -2.93. The number of piperazine rings is 1. The van der Waals surface area contributed by atoms with Gasteiger partial charge in [-0.15, -0.1) is 0 Å². The van der Waals surface area contributed by atoms with Crippen LogP contribution in [0.5, 0.6) is 6.01 Å². The molecule has 2 bridgehead atoms. The summed E-state index contributed by atoms with van der Waals surface area (Å²) in [7, 11) is 0. The van der Waals surface area contributed by atoms with E-state index in [0.29, 0.717) is 19.4 Å². The van der Waals surface area contributed by atoms with Crippen molar-refractivity contribution in [3.63, 3.8) is 0 Å². The number of fused-ring (bicyclic) bond motifs is 5. The van der Waals surface area contributed by atoms with Crippen molar-refractivity contribution >= 4 is 34.4 Å². The van der Waals surface area contributed by atoms with E-state index in [-0.39, 0.29) is 59.5 Å². The highest BCUT2D eigenvalue weighted by molar-refractivity contribution is 6.30. The van der Waals surface area contributed by atoms with Crippen LogP contribution < -0.4 is 9.64 Å². The fourth-order valence-electron chi connectivity index (χ4n) is 8.09. The van der Waals surface area contributed by atoms with Crippen LogP contribution >= 0.6 is 11.6 Å². The molecule has 6 heterocycles. The van der Waals surface area contributed by atoms with Crippen LogP contribution in [-0.4, -0.2) is 91.5 Å². The molecular weight excluding hydrogens is 604 g/mol.